The Morgan fingerprint density at radius 1 is 1.20 bits per heavy atom. The van der Waals surface area contributed by atoms with E-state index in [-0.39, 0.29) is 0 Å². The molecule has 2 heterocycles. The molecule has 25 heavy (non-hydrogen) atoms. The molecule has 2 aliphatic rings. The summed E-state index contributed by atoms with van der Waals surface area (Å²) >= 11 is 0. The number of aliphatic hydroxyl groups is 1. The summed E-state index contributed by atoms with van der Waals surface area (Å²) in [5.74, 6) is 3.32. The number of carbonyl (C=O) groups excluding carboxylic acids is 1. The summed E-state index contributed by atoms with van der Waals surface area (Å²) in [4.78, 5) is 10.9. The molecule has 2 saturated heterocycles. The summed E-state index contributed by atoms with van der Waals surface area (Å²) in [6.45, 7) is 8.20. The van der Waals surface area contributed by atoms with Gasteiger partial charge in [0.05, 0.1) is 0 Å². The SMILES string of the molecule is [2H]C1([2H])C(O)O[C@](C#C)(CC)[C@H]1C.[2H]C1([2H])C(OC(C)=O)O[C@](C#C)(CC)[C@H]1C. The fourth-order valence-electron chi connectivity index (χ4n) is 2.86. The first-order valence-electron chi connectivity index (χ1n) is 10.4. The van der Waals surface area contributed by atoms with Gasteiger partial charge in [-0.1, -0.05) is 39.5 Å². The Labute approximate surface area is 157 Å². The molecule has 0 saturated carbocycles. The quantitative estimate of drug-likeness (QED) is 0.624. The first kappa shape index (κ1) is 15.7. The Kier molecular flexibility index (Phi) is 5.48. The van der Waals surface area contributed by atoms with Crippen LogP contribution < -0.4 is 0 Å². The average molecular weight is 354 g/mol. The zero-order valence-electron chi connectivity index (χ0n) is 19.5. The van der Waals surface area contributed by atoms with Crippen molar-refractivity contribution < 1.29 is 29.6 Å². The number of carbonyl (C=O) groups is 1. The molecule has 2 rings (SSSR count). The number of esters is 1. The van der Waals surface area contributed by atoms with Crippen LogP contribution in [0.1, 0.15) is 65.7 Å². The van der Waals surface area contributed by atoms with Gasteiger partial charge in [-0.15, -0.1) is 12.8 Å². The van der Waals surface area contributed by atoms with Crippen LogP contribution in [0.25, 0.3) is 0 Å². The summed E-state index contributed by atoms with van der Waals surface area (Å²) in [6.07, 6.45) is 5.50. The maximum atomic E-state index is 10.9. The number of terminal acetylenes is 2. The fraction of sp³-hybridized carbons (Fsp3) is 0.750. The van der Waals surface area contributed by atoms with E-state index in [2.05, 4.69) is 11.8 Å². The third kappa shape index (κ3) is 4.76. The molecule has 2 aliphatic heterocycles. The molecule has 0 amide bonds. The summed E-state index contributed by atoms with van der Waals surface area (Å²) in [6, 6.07) is 0. The number of ether oxygens (including phenoxy) is 3. The second kappa shape index (κ2) is 8.72. The molecule has 0 bridgehead atoms. The Bertz CT molecular complexity index is 698. The van der Waals surface area contributed by atoms with Crippen LogP contribution in [0, 0.1) is 36.5 Å². The van der Waals surface area contributed by atoms with Crippen molar-refractivity contribution in [3.8, 4) is 24.7 Å². The minimum Gasteiger partial charge on any atom is -0.436 e. The summed E-state index contributed by atoms with van der Waals surface area (Å²) in [7, 11) is 0. The second-order valence-electron chi connectivity index (χ2n) is 6.08. The van der Waals surface area contributed by atoms with Gasteiger partial charge in [-0.05, 0) is 12.8 Å². The Morgan fingerprint density at radius 2 is 1.68 bits per heavy atom. The largest absolute Gasteiger partial charge is 0.436 e. The van der Waals surface area contributed by atoms with Crippen molar-refractivity contribution in [1.82, 2.24) is 0 Å². The number of hydrogen-bond donors (Lipinski definition) is 1. The van der Waals surface area contributed by atoms with E-state index >= 15 is 0 Å². The van der Waals surface area contributed by atoms with Gasteiger partial charge in [0.25, 0.3) is 0 Å². The van der Waals surface area contributed by atoms with Crippen molar-refractivity contribution in [3.05, 3.63) is 0 Å². The van der Waals surface area contributed by atoms with Crippen LogP contribution in [0.5, 0.6) is 0 Å². The molecule has 1 N–H and O–H groups in total. The molecular weight excluding hydrogens is 320 g/mol. The monoisotopic (exact) mass is 354 g/mol. The minimum atomic E-state index is -1.77. The number of aliphatic hydroxyl groups excluding tert-OH is 1. The molecule has 0 aromatic rings. The smallest absolute Gasteiger partial charge is 0.304 e. The highest BCUT2D eigenvalue weighted by Crippen LogP contribution is 2.38. The lowest BCUT2D eigenvalue weighted by atomic mass is 9.87. The molecule has 0 aromatic heterocycles. The van der Waals surface area contributed by atoms with E-state index in [1.165, 1.54) is 6.92 Å². The maximum absolute atomic E-state index is 10.9. The van der Waals surface area contributed by atoms with Gasteiger partial charge in [0, 0.05) is 37.0 Å². The van der Waals surface area contributed by atoms with Gasteiger partial charge in [-0.2, -0.15) is 0 Å². The van der Waals surface area contributed by atoms with Gasteiger partial charge in [0.2, 0.25) is 6.29 Å². The first-order chi connectivity index (χ1) is 13.2. The summed E-state index contributed by atoms with van der Waals surface area (Å²) < 4.78 is 46.2. The van der Waals surface area contributed by atoms with Gasteiger partial charge in [-0.25, -0.2) is 0 Å². The van der Waals surface area contributed by atoms with Gasteiger partial charge in [0.1, 0.15) is 11.2 Å². The normalized spacial score (nSPS) is 46.1. The van der Waals surface area contributed by atoms with E-state index in [1.807, 2.05) is 13.8 Å². The zero-order chi connectivity index (χ0) is 22.8. The molecular formula is C20H30O5. The van der Waals surface area contributed by atoms with Crippen molar-refractivity contribution in [1.29, 1.82) is 0 Å². The van der Waals surface area contributed by atoms with Crippen LogP contribution in [0.2, 0.25) is 0 Å². The molecule has 5 nitrogen and oxygen atoms in total. The fourth-order valence-corrected chi connectivity index (χ4v) is 2.86. The molecule has 0 radical (unpaired) electrons. The lowest BCUT2D eigenvalue weighted by Crippen LogP contribution is -2.32. The van der Waals surface area contributed by atoms with Crippen LogP contribution >= 0.6 is 0 Å². The highest BCUT2D eigenvalue weighted by Gasteiger charge is 2.45. The van der Waals surface area contributed by atoms with Crippen molar-refractivity contribution in [2.45, 2.75) is 84.0 Å². The van der Waals surface area contributed by atoms with Crippen LogP contribution in [0.15, 0.2) is 0 Å². The van der Waals surface area contributed by atoms with E-state index < -0.39 is 54.3 Å². The molecule has 0 aromatic carbocycles. The van der Waals surface area contributed by atoms with Gasteiger partial charge in [0.15, 0.2) is 6.29 Å². The van der Waals surface area contributed by atoms with Gasteiger partial charge >= 0.3 is 5.97 Å². The van der Waals surface area contributed by atoms with Crippen LogP contribution in [-0.2, 0) is 19.0 Å². The Morgan fingerprint density at radius 3 is 1.96 bits per heavy atom. The van der Waals surface area contributed by atoms with Crippen molar-refractivity contribution in [2.24, 2.45) is 11.8 Å². The summed E-state index contributed by atoms with van der Waals surface area (Å²) in [5, 5.41) is 9.33. The molecule has 5 heteroatoms. The van der Waals surface area contributed by atoms with Crippen LogP contribution in [-0.4, -0.2) is 34.9 Å². The number of hydrogen-bond acceptors (Lipinski definition) is 5. The average Bonchev–Trinajstić information content (AvgIpc) is 2.96. The van der Waals surface area contributed by atoms with Crippen molar-refractivity contribution in [3.63, 3.8) is 0 Å². The standard InChI is InChI=1S/C11H16O3.C9H14O2/c1-5-11(6-2)8(3)7-10(14-11)13-9(4)12;1-4-9(5-2)7(3)6-8(10)11-9/h1,8,10H,6-7H2,2-4H3;1,7-8,10H,5-6H2,2-3H3/t8-,10?,11+;7-,8?,9+/m00/s1/i7D2;6D2. The molecule has 140 valence electrons. The van der Waals surface area contributed by atoms with E-state index in [4.69, 9.17) is 32.5 Å². The third-order valence-electron chi connectivity index (χ3n) is 4.63. The molecule has 6 atom stereocenters. The highest BCUT2D eigenvalue weighted by molar-refractivity contribution is 5.66. The minimum absolute atomic E-state index is 0.474. The second-order valence-corrected chi connectivity index (χ2v) is 6.08. The summed E-state index contributed by atoms with van der Waals surface area (Å²) in [5.41, 5.74) is -1.95. The van der Waals surface area contributed by atoms with Crippen LogP contribution in [0.4, 0.5) is 0 Å². The third-order valence-corrected chi connectivity index (χ3v) is 4.63. The predicted molar refractivity (Wildman–Crippen MR) is 95.0 cm³/mol. The molecule has 0 spiro atoms. The topological polar surface area (TPSA) is 65.0 Å². The lowest BCUT2D eigenvalue weighted by Gasteiger charge is -2.25. The molecule has 2 fully saturated rings. The van der Waals surface area contributed by atoms with E-state index in [1.54, 1.807) is 13.8 Å². The van der Waals surface area contributed by atoms with E-state index in [0.717, 1.165) is 0 Å². The van der Waals surface area contributed by atoms with Gasteiger partial charge < -0.3 is 19.3 Å². The maximum Gasteiger partial charge on any atom is 0.304 e. The molecule has 0 aliphatic carbocycles. The predicted octanol–water partition coefficient (Wildman–Crippen LogP) is 2.86. The highest BCUT2D eigenvalue weighted by atomic mass is 16.7. The van der Waals surface area contributed by atoms with Crippen LogP contribution in [0.3, 0.4) is 0 Å². The Balaban J connectivity index is 0.000000296. The first-order valence-corrected chi connectivity index (χ1v) is 8.37. The van der Waals surface area contributed by atoms with Gasteiger partial charge in [-0.3, -0.25) is 4.79 Å². The zero-order valence-corrected chi connectivity index (χ0v) is 15.5. The van der Waals surface area contributed by atoms with Crippen molar-refractivity contribution in [2.75, 3.05) is 0 Å². The van der Waals surface area contributed by atoms with E-state index in [0.29, 0.717) is 12.8 Å². The molecule has 2 unspecified atom stereocenters. The number of rotatable bonds is 3. The van der Waals surface area contributed by atoms with E-state index in [9.17, 15) is 9.90 Å². The lowest BCUT2D eigenvalue weighted by molar-refractivity contribution is -0.179. The van der Waals surface area contributed by atoms with Crippen molar-refractivity contribution >= 4 is 5.97 Å². The Hall–Kier alpha value is -1.53.